The summed E-state index contributed by atoms with van der Waals surface area (Å²) >= 11 is 0. The van der Waals surface area contributed by atoms with Gasteiger partial charge in [0, 0.05) is 29.4 Å². The van der Waals surface area contributed by atoms with Gasteiger partial charge in [0.2, 0.25) is 0 Å². The lowest BCUT2D eigenvalue weighted by molar-refractivity contribution is 0.262. The van der Waals surface area contributed by atoms with E-state index in [-0.39, 0.29) is 17.4 Å². The highest BCUT2D eigenvalue weighted by Crippen LogP contribution is 2.37. The summed E-state index contributed by atoms with van der Waals surface area (Å²) in [6.07, 6.45) is 4.39. The number of fused-ring (bicyclic) bond motifs is 1. The molecule has 9 heteroatoms. The first kappa shape index (κ1) is 32.7. The summed E-state index contributed by atoms with van der Waals surface area (Å²) in [6.45, 7) is 12.0. The van der Waals surface area contributed by atoms with E-state index in [4.69, 9.17) is 15.2 Å². The average molecular weight is 601 g/mol. The number of anilines is 2. The fourth-order valence-electron chi connectivity index (χ4n) is 4.88. The van der Waals surface area contributed by atoms with Crippen LogP contribution in [-0.4, -0.2) is 44.6 Å². The fourth-order valence-corrected chi connectivity index (χ4v) is 4.88. The summed E-state index contributed by atoms with van der Waals surface area (Å²) in [4.78, 5) is 20.0. The number of ether oxygens (including phenoxy) is 2. The van der Waals surface area contributed by atoms with E-state index in [1.165, 1.54) is 12.8 Å². The number of guanidine groups is 1. The number of hydrogen-bond donors (Lipinski definition) is 4. The zero-order valence-corrected chi connectivity index (χ0v) is 27.4. The molecule has 0 spiro atoms. The quantitative estimate of drug-likeness (QED) is 0.107. The molecular formula is C35H48N6O3. The summed E-state index contributed by atoms with van der Waals surface area (Å²) in [5.74, 6) is 2.99. The normalized spacial score (nSPS) is 14.2. The maximum absolute atomic E-state index is 13.4. The Morgan fingerprint density at radius 3 is 2.36 bits per heavy atom. The number of carbonyl (C=O) groups is 1. The van der Waals surface area contributed by atoms with Gasteiger partial charge in [0.15, 0.2) is 11.8 Å². The number of rotatable bonds is 11. The molecule has 2 amide bonds. The predicted molar refractivity (Wildman–Crippen MR) is 182 cm³/mol. The number of urea groups is 1. The van der Waals surface area contributed by atoms with Crippen molar-refractivity contribution in [3.8, 4) is 11.5 Å². The molecular weight excluding hydrogens is 552 g/mol. The summed E-state index contributed by atoms with van der Waals surface area (Å²) < 4.78 is 12.1. The Balaban J connectivity index is 1.59. The lowest BCUT2D eigenvalue weighted by Crippen LogP contribution is -2.33. The number of nitrogens with one attached hydrogen (secondary N) is 3. The molecule has 0 saturated heterocycles. The van der Waals surface area contributed by atoms with E-state index in [0.29, 0.717) is 47.2 Å². The van der Waals surface area contributed by atoms with Gasteiger partial charge in [-0.15, -0.1) is 0 Å². The highest BCUT2D eigenvalue weighted by atomic mass is 16.5. The smallest absolute Gasteiger partial charge is 0.323 e. The van der Waals surface area contributed by atoms with Gasteiger partial charge in [0.25, 0.3) is 0 Å². The van der Waals surface area contributed by atoms with Crippen molar-refractivity contribution in [2.75, 3.05) is 38.4 Å². The average Bonchev–Trinajstić information content (AvgIpc) is 3.77. The Bertz CT molecular complexity index is 1530. The Kier molecular flexibility index (Phi) is 10.4. The van der Waals surface area contributed by atoms with Crippen LogP contribution in [0.1, 0.15) is 58.6 Å². The van der Waals surface area contributed by atoms with Gasteiger partial charge in [-0.25, -0.2) is 4.79 Å². The minimum absolute atomic E-state index is 0.113. The van der Waals surface area contributed by atoms with Crippen LogP contribution in [0.3, 0.4) is 0 Å². The second-order valence-corrected chi connectivity index (χ2v) is 13.1. The molecule has 0 aromatic heterocycles. The molecule has 9 nitrogen and oxygen atoms in total. The monoisotopic (exact) mass is 600 g/mol. The van der Waals surface area contributed by atoms with Crippen molar-refractivity contribution in [2.24, 2.45) is 22.6 Å². The number of nitrogens with zero attached hydrogens (tertiary/aromatic N) is 2. The number of carbonyl (C=O) groups excluding carboxylic acids is 1. The van der Waals surface area contributed by atoms with Crippen molar-refractivity contribution >= 4 is 34.1 Å². The van der Waals surface area contributed by atoms with Crippen LogP contribution in [0, 0.1) is 11.8 Å². The van der Waals surface area contributed by atoms with Crippen molar-refractivity contribution < 1.29 is 14.3 Å². The molecule has 4 rings (SSSR count). The standard InChI is InChI=1S/C35H48N6O3/c1-22(2)17-31(40-33(36)37-20-23-13-14-23)44-30-16-15-28(26-11-9-10-12-27(26)30)38-34(42)39-29-19-25(35(3,4)5)18-24(21-41(6)7)32(29)43-8/h9-12,15-19,22-23H,13-14,20-21H2,1-8H3,(H3,36,37,40)(H2,38,39,42)/b31-17+. The van der Waals surface area contributed by atoms with Crippen molar-refractivity contribution in [1.82, 2.24) is 10.2 Å². The van der Waals surface area contributed by atoms with Gasteiger partial charge < -0.3 is 30.7 Å². The largest absolute Gasteiger partial charge is 0.494 e. The predicted octanol–water partition coefficient (Wildman–Crippen LogP) is 7.04. The first-order chi connectivity index (χ1) is 20.8. The molecule has 0 unspecified atom stereocenters. The van der Waals surface area contributed by atoms with Crippen LogP contribution < -0.4 is 31.2 Å². The minimum Gasteiger partial charge on any atom is -0.494 e. The van der Waals surface area contributed by atoms with Crippen LogP contribution in [0.15, 0.2) is 65.5 Å². The van der Waals surface area contributed by atoms with E-state index in [1.807, 2.05) is 62.6 Å². The van der Waals surface area contributed by atoms with Crippen molar-refractivity contribution in [1.29, 1.82) is 0 Å². The zero-order valence-electron chi connectivity index (χ0n) is 27.4. The molecule has 44 heavy (non-hydrogen) atoms. The van der Waals surface area contributed by atoms with Crippen LogP contribution in [0.2, 0.25) is 0 Å². The molecule has 3 aromatic carbocycles. The number of aliphatic imine (C=N–C) groups is 1. The van der Waals surface area contributed by atoms with Crippen LogP contribution in [0.5, 0.6) is 11.5 Å². The Hall–Kier alpha value is -4.24. The Morgan fingerprint density at radius 1 is 1.07 bits per heavy atom. The first-order valence-electron chi connectivity index (χ1n) is 15.3. The maximum Gasteiger partial charge on any atom is 0.323 e. The number of benzene rings is 3. The topological polar surface area (TPSA) is 113 Å². The fraction of sp³-hybridized carbons (Fsp3) is 0.429. The first-order valence-corrected chi connectivity index (χ1v) is 15.3. The van der Waals surface area contributed by atoms with Crippen molar-refractivity contribution in [3.63, 3.8) is 0 Å². The van der Waals surface area contributed by atoms with Crippen LogP contribution in [0.25, 0.3) is 10.8 Å². The van der Waals surface area contributed by atoms with E-state index >= 15 is 0 Å². The van der Waals surface area contributed by atoms with Gasteiger partial charge in [-0.2, -0.15) is 0 Å². The summed E-state index contributed by atoms with van der Waals surface area (Å²) in [5.41, 5.74) is 9.44. The molecule has 0 radical (unpaired) electrons. The van der Waals surface area contributed by atoms with Gasteiger partial charge in [0.1, 0.15) is 11.5 Å². The third-order valence-electron chi connectivity index (χ3n) is 7.28. The van der Waals surface area contributed by atoms with Gasteiger partial charge >= 0.3 is 6.03 Å². The van der Waals surface area contributed by atoms with Crippen LogP contribution >= 0.6 is 0 Å². The molecule has 3 aromatic rings. The Labute approximate surface area is 261 Å². The van der Waals surface area contributed by atoms with E-state index in [1.54, 1.807) is 7.11 Å². The number of nitrogens with two attached hydrogens (primary N) is 1. The number of allylic oxidation sites excluding steroid dienone is 1. The summed E-state index contributed by atoms with van der Waals surface area (Å²) in [5, 5.41) is 10.9. The van der Waals surface area contributed by atoms with Gasteiger partial charge in [0.05, 0.1) is 18.5 Å². The lowest BCUT2D eigenvalue weighted by atomic mass is 9.85. The lowest BCUT2D eigenvalue weighted by Gasteiger charge is -2.25. The molecule has 0 aliphatic heterocycles. The number of amides is 2. The summed E-state index contributed by atoms with van der Waals surface area (Å²) in [6, 6.07) is 15.3. The molecule has 5 N–H and O–H groups in total. The molecule has 0 heterocycles. The van der Waals surface area contributed by atoms with Crippen molar-refractivity contribution in [2.45, 2.75) is 59.4 Å². The molecule has 1 saturated carbocycles. The van der Waals surface area contributed by atoms with E-state index in [0.717, 1.165) is 28.4 Å². The van der Waals surface area contributed by atoms with Gasteiger partial charge in [-0.1, -0.05) is 65.0 Å². The van der Waals surface area contributed by atoms with Crippen molar-refractivity contribution in [3.05, 3.63) is 71.6 Å². The van der Waals surface area contributed by atoms with E-state index in [2.05, 4.69) is 66.5 Å². The number of methoxy groups -OCH3 is 1. The molecule has 1 fully saturated rings. The second kappa shape index (κ2) is 14.0. The number of hydrogen-bond acceptors (Lipinski definition) is 5. The molecule has 1 aliphatic carbocycles. The SMILES string of the molecule is COc1c(CN(C)C)cc(C(C)(C)C)cc1NC(=O)Nc1ccc(O/C(=C/C(C)C)NC(N)=NCC2CC2)c2ccccc12. The van der Waals surface area contributed by atoms with Crippen LogP contribution in [0.4, 0.5) is 16.2 Å². The van der Waals surface area contributed by atoms with Gasteiger partial charge in [-0.05, 0) is 74.0 Å². The van der Waals surface area contributed by atoms with E-state index < -0.39 is 0 Å². The third kappa shape index (κ3) is 8.89. The highest BCUT2D eigenvalue weighted by Gasteiger charge is 2.22. The van der Waals surface area contributed by atoms with E-state index in [9.17, 15) is 4.79 Å². The van der Waals surface area contributed by atoms with Gasteiger partial charge in [-0.3, -0.25) is 10.3 Å². The third-order valence-corrected chi connectivity index (χ3v) is 7.28. The highest BCUT2D eigenvalue weighted by molar-refractivity contribution is 6.08. The minimum atomic E-state index is -0.370. The maximum atomic E-state index is 13.4. The molecule has 1 aliphatic rings. The zero-order chi connectivity index (χ0) is 32.0. The Morgan fingerprint density at radius 2 is 1.75 bits per heavy atom. The molecule has 0 atom stereocenters. The molecule has 0 bridgehead atoms. The summed E-state index contributed by atoms with van der Waals surface area (Å²) in [7, 11) is 5.65. The van der Waals surface area contributed by atoms with Crippen LogP contribution in [-0.2, 0) is 12.0 Å². The molecule has 236 valence electrons. The second-order valence-electron chi connectivity index (χ2n) is 13.1.